The van der Waals surface area contributed by atoms with Crippen molar-refractivity contribution in [1.29, 1.82) is 0 Å². The van der Waals surface area contributed by atoms with Crippen molar-refractivity contribution >= 4 is 22.5 Å². The maximum absolute atomic E-state index is 10.9. The second kappa shape index (κ2) is 5.36. The number of hydrogen-bond acceptors (Lipinski definition) is 3. The lowest BCUT2D eigenvalue weighted by molar-refractivity contribution is 0.0833. The quantitative estimate of drug-likeness (QED) is 0.771. The maximum atomic E-state index is 10.9. The van der Waals surface area contributed by atoms with Crippen molar-refractivity contribution in [3.05, 3.63) is 54.6 Å². The Kier molecular flexibility index (Phi) is 3.63. The van der Waals surface area contributed by atoms with E-state index in [0.717, 1.165) is 21.9 Å². The first-order valence-corrected chi connectivity index (χ1v) is 5.59. The summed E-state index contributed by atoms with van der Waals surface area (Å²) in [7, 11) is 1.28. The van der Waals surface area contributed by atoms with Crippen LogP contribution >= 0.6 is 0 Å². The molecule has 0 heterocycles. The molecule has 0 aliphatic rings. The third-order valence-electron chi connectivity index (χ3n) is 2.70. The fourth-order valence-corrected chi connectivity index (χ4v) is 1.82. The Morgan fingerprint density at radius 1 is 1.17 bits per heavy atom. The molecular weight excluding hydrogens is 228 g/mol. The lowest BCUT2D eigenvalue weighted by atomic mass is 10.00. The first-order chi connectivity index (χ1) is 8.72. The van der Waals surface area contributed by atoms with E-state index >= 15 is 0 Å². The number of hydrogen-bond donors (Lipinski definition) is 0. The van der Waals surface area contributed by atoms with Crippen LogP contribution < -0.4 is 0 Å². The van der Waals surface area contributed by atoms with Crippen LogP contribution in [-0.2, 0) is 9.47 Å². The smallest absolute Gasteiger partial charge is 0.438 e. The summed E-state index contributed by atoms with van der Waals surface area (Å²) in [5.74, 6) is 0. The van der Waals surface area contributed by atoms with E-state index in [2.05, 4.69) is 11.3 Å². The van der Waals surface area contributed by atoms with Crippen molar-refractivity contribution in [3.8, 4) is 0 Å². The zero-order valence-electron chi connectivity index (χ0n) is 10.2. The Morgan fingerprint density at radius 3 is 2.67 bits per heavy atom. The molecule has 0 N–H and O–H groups in total. The fourth-order valence-electron chi connectivity index (χ4n) is 1.82. The summed E-state index contributed by atoms with van der Waals surface area (Å²) in [5, 5.41) is 2.23. The number of benzene rings is 2. The number of rotatable bonds is 3. The van der Waals surface area contributed by atoms with Gasteiger partial charge in [0.2, 0.25) is 0 Å². The second-order valence-corrected chi connectivity index (χ2v) is 3.87. The Morgan fingerprint density at radius 2 is 1.89 bits per heavy atom. The number of methoxy groups -OCH3 is 1. The zero-order chi connectivity index (χ0) is 13.0. The third kappa shape index (κ3) is 2.51. The van der Waals surface area contributed by atoms with Crippen LogP contribution in [-0.4, -0.2) is 19.9 Å². The van der Waals surface area contributed by atoms with Crippen LogP contribution in [0.2, 0.25) is 0 Å². The third-order valence-corrected chi connectivity index (χ3v) is 2.70. The highest BCUT2D eigenvalue weighted by molar-refractivity contribution is 5.93. The van der Waals surface area contributed by atoms with Crippen molar-refractivity contribution in [2.24, 2.45) is 0 Å². The molecule has 0 aliphatic heterocycles. The molecule has 0 aliphatic carbocycles. The lowest BCUT2D eigenvalue weighted by Crippen LogP contribution is -2.06. The van der Waals surface area contributed by atoms with Crippen LogP contribution in [0.15, 0.2) is 49.0 Å². The molecule has 0 atom stereocenters. The summed E-state index contributed by atoms with van der Waals surface area (Å²) < 4.78 is 9.32. The van der Waals surface area contributed by atoms with Gasteiger partial charge in [0, 0.05) is 0 Å². The van der Waals surface area contributed by atoms with E-state index in [1.54, 1.807) is 0 Å². The highest BCUT2D eigenvalue weighted by Crippen LogP contribution is 2.24. The van der Waals surface area contributed by atoms with E-state index in [9.17, 15) is 4.79 Å². The van der Waals surface area contributed by atoms with Crippen molar-refractivity contribution < 1.29 is 14.3 Å². The minimum atomic E-state index is -0.698. The highest BCUT2D eigenvalue weighted by atomic mass is 16.7. The molecule has 0 aromatic heterocycles. The van der Waals surface area contributed by atoms with Crippen molar-refractivity contribution in [1.82, 2.24) is 0 Å². The monoisotopic (exact) mass is 242 g/mol. The van der Waals surface area contributed by atoms with Gasteiger partial charge in [0.15, 0.2) is 0 Å². The van der Waals surface area contributed by atoms with E-state index in [4.69, 9.17) is 4.74 Å². The zero-order valence-corrected chi connectivity index (χ0v) is 10.2. The number of fused-ring (bicyclic) bond motifs is 1. The predicted molar refractivity (Wildman–Crippen MR) is 71.3 cm³/mol. The fraction of sp³-hybridized carbons (Fsp3) is 0.133. The van der Waals surface area contributed by atoms with Gasteiger partial charge >= 0.3 is 6.16 Å². The van der Waals surface area contributed by atoms with Gasteiger partial charge in [-0.05, 0) is 21.9 Å². The van der Waals surface area contributed by atoms with Crippen molar-refractivity contribution in [2.45, 2.75) is 0 Å². The molecule has 0 radical (unpaired) electrons. The van der Waals surface area contributed by atoms with Crippen LogP contribution in [0.3, 0.4) is 0 Å². The van der Waals surface area contributed by atoms with Crippen LogP contribution in [0.1, 0.15) is 5.56 Å². The molecule has 0 fully saturated rings. The van der Waals surface area contributed by atoms with Gasteiger partial charge in [-0.3, -0.25) is 0 Å². The Balaban J connectivity index is 2.25. The summed E-state index contributed by atoms with van der Waals surface area (Å²) in [6, 6.07) is 14.0. The molecule has 2 rings (SSSR count). The molecule has 3 nitrogen and oxygen atoms in total. The Bertz CT molecular complexity index is 582. The van der Waals surface area contributed by atoms with Crippen LogP contribution in [0.25, 0.3) is 16.3 Å². The van der Waals surface area contributed by atoms with Gasteiger partial charge in [0.05, 0.1) is 7.11 Å². The Labute approximate surface area is 106 Å². The molecule has 92 valence electrons. The summed E-state index contributed by atoms with van der Waals surface area (Å²) in [6.45, 7) is 4.07. The number of ether oxygens (including phenoxy) is 2. The molecule has 2 aromatic carbocycles. The van der Waals surface area contributed by atoms with Gasteiger partial charge in [0.25, 0.3) is 0 Å². The normalized spacial score (nSPS) is 10.1. The largest absolute Gasteiger partial charge is 0.508 e. The second-order valence-electron chi connectivity index (χ2n) is 3.87. The van der Waals surface area contributed by atoms with Gasteiger partial charge in [-0.15, -0.1) is 0 Å². The standard InChI is InChI=1S/C15H14O3/c1-11(10-18-15(16)17-2)13-9-5-7-12-6-3-4-8-14(12)13/h3-9H,1,10H2,2H3. The molecule has 18 heavy (non-hydrogen) atoms. The number of carbonyl (C=O) groups is 1. The molecule has 2 aromatic rings. The molecule has 0 unspecified atom stereocenters. The molecule has 0 saturated carbocycles. The average molecular weight is 242 g/mol. The SMILES string of the molecule is C=C(COC(=O)OC)c1cccc2ccccc12. The van der Waals surface area contributed by atoms with Gasteiger partial charge in [-0.2, -0.15) is 0 Å². The molecule has 3 heteroatoms. The summed E-state index contributed by atoms with van der Waals surface area (Å²) in [4.78, 5) is 10.9. The molecule has 0 saturated heterocycles. The Hall–Kier alpha value is -2.29. The van der Waals surface area contributed by atoms with Crippen LogP contribution in [0.4, 0.5) is 4.79 Å². The van der Waals surface area contributed by atoms with Crippen LogP contribution in [0, 0.1) is 0 Å². The van der Waals surface area contributed by atoms with Crippen molar-refractivity contribution in [3.63, 3.8) is 0 Å². The van der Waals surface area contributed by atoms with E-state index in [-0.39, 0.29) is 6.61 Å². The van der Waals surface area contributed by atoms with E-state index in [1.807, 2.05) is 42.5 Å². The van der Waals surface area contributed by atoms with E-state index in [1.165, 1.54) is 7.11 Å². The minimum absolute atomic E-state index is 0.126. The summed E-state index contributed by atoms with van der Waals surface area (Å²) >= 11 is 0. The van der Waals surface area contributed by atoms with Crippen molar-refractivity contribution in [2.75, 3.05) is 13.7 Å². The number of carbonyl (C=O) groups excluding carboxylic acids is 1. The molecule has 0 spiro atoms. The van der Waals surface area contributed by atoms with Gasteiger partial charge in [-0.1, -0.05) is 49.0 Å². The van der Waals surface area contributed by atoms with Gasteiger partial charge < -0.3 is 9.47 Å². The molecule has 0 bridgehead atoms. The predicted octanol–water partition coefficient (Wildman–Crippen LogP) is 3.64. The van der Waals surface area contributed by atoms with E-state index in [0.29, 0.717) is 0 Å². The van der Waals surface area contributed by atoms with E-state index < -0.39 is 6.16 Å². The molecule has 0 amide bonds. The highest BCUT2D eigenvalue weighted by Gasteiger charge is 2.07. The minimum Gasteiger partial charge on any atom is -0.438 e. The lowest BCUT2D eigenvalue weighted by Gasteiger charge is -2.09. The summed E-state index contributed by atoms with van der Waals surface area (Å²) in [5.41, 5.74) is 1.73. The van der Waals surface area contributed by atoms with Gasteiger partial charge in [-0.25, -0.2) is 4.79 Å². The topological polar surface area (TPSA) is 35.5 Å². The summed E-state index contributed by atoms with van der Waals surface area (Å²) in [6.07, 6.45) is -0.698. The first kappa shape index (κ1) is 12.2. The maximum Gasteiger partial charge on any atom is 0.508 e. The molecular formula is C15H14O3. The van der Waals surface area contributed by atoms with Gasteiger partial charge in [0.1, 0.15) is 6.61 Å². The average Bonchev–Trinajstić information content (AvgIpc) is 2.43. The van der Waals surface area contributed by atoms with Crippen LogP contribution in [0.5, 0.6) is 0 Å². The first-order valence-electron chi connectivity index (χ1n) is 5.59.